The van der Waals surface area contributed by atoms with E-state index in [0.717, 1.165) is 6.42 Å². The van der Waals surface area contributed by atoms with Gasteiger partial charge in [0.05, 0.1) is 10.6 Å². The van der Waals surface area contributed by atoms with Crippen LogP contribution in [0, 0.1) is 5.92 Å². The number of pyridine rings is 1. The zero-order chi connectivity index (χ0) is 14.0. The van der Waals surface area contributed by atoms with Crippen LogP contribution in [0.3, 0.4) is 0 Å². The Morgan fingerprint density at radius 1 is 1.47 bits per heavy atom. The molecule has 1 aliphatic rings. The Morgan fingerprint density at radius 3 is 2.74 bits per heavy atom. The average Bonchev–Trinajstić information content (AvgIpc) is 2.38. The van der Waals surface area contributed by atoms with Crippen LogP contribution in [0.15, 0.2) is 12.3 Å². The minimum absolute atomic E-state index is 0.124. The molecule has 104 valence electrons. The molecule has 1 aromatic heterocycles. The normalized spacial score (nSPS) is 23.1. The van der Waals surface area contributed by atoms with Crippen LogP contribution in [0.25, 0.3) is 0 Å². The molecule has 1 saturated carbocycles. The Balaban J connectivity index is 2.23. The molecule has 0 amide bonds. The first kappa shape index (κ1) is 14.1. The summed E-state index contributed by atoms with van der Waals surface area (Å²) in [6, 6.07) is 1.89. The number of hydrogen-bond acceptors (Lipinski definition) is 3. The third-order valence-corrected chi connectivity index (χ3v) is 4.24. The molecule has 0 saturated heterocycles. The van der Waals surface area contributed by atoms with Crippen molar-refractivity contribution in [3.63, 3.8) is 0 Å². The molecule has 0 spiro atoms. The van der Waals surface area contributed by atoms with Gasteiger partial charge >= 0.3 is 5.97 Å². The second-order valence-corrected chi connectivity index (χ2v) is 5.68. The predicted molar refractivity (Wildman–Crippen MR) is 76.0 cm³/mol. The van der Waals surface area contributed by atoms with E-state index in [1.807, 2.05) is 7.05 Å². The van der Waals surface area contributed by atoms with Crippen molar-refractivity contribution in [1.29, 1.82) is 0 Å². The van der Waals surface area contributed by atoms with E-state index in [1.54, 1.807) is 0 Å². The first-order valence-corrected chi connectivity index (χ1v) is 7.00. The van der Waals surface area contributed by atoms with E-state index in [1.165, 1.54) is 31.5 Å². The number of carboxylic acids is 1. The van der Waals surface area contributed by atoms with Crippen molar-refractivity contribution in [2.45, 2.75) is 38.6 Å². The second kappa shape index (κ2) is 5.78. The molecule has 1 fully saturated rings. The molecule has 0 radical (unpaired) electrons. The Hall–Kier alpha value is -1.29. The fourth-order valence-corrected chi connectivity index (χ4v) is 3.14. The van der Waals surface area contributed by atoms with Gasteiger partial charge in [0, 0.05) is 19.3 Å². The molecular formula is C14H19ClN2O2. The maximum Gasteiger partial charge on any atom is 0.337 e. The highest BCUT2D eigenvalue weighted by Crippen LogP contribution is 2.32. The highest BCUT2D eigenvalue weighted by molar-refractivity contribution is 6.33. The Bertz CT molecular complexity index is 479. The monoisotopic (exact) mass is 282 g/mol. The van der Waals surface area contributed by atoms with Gasteiger partial charge in [-0.25, -0.2) is 9.78 Å². The third-order valence-electron chi connectivity index (χ3n) is 3.97. The largest absolute Gasteiger partial charge is 0.478 e. The van der Waals surface area contributed by atoms with Crippen LogP contribution in [0.1, 0.15) is 43.0 Å². The highest BCUT2D eigenvalue weighted by Gasteiger charge is 2.27. The smallest absolute Gasteiger partial charge is 0.337 e. The van der Waals surface area contributed by atoms with E-state index in [4.69, 9.17) is 16.7 Å². The van der Waals surface area contributed by atoms with Crippen molar-refractivity contribution in [1.82, 2.24) is 4.98 Å². The maximum atomic E-state index is 10.9. The number of anilines is 1. The lowest BCUT2D eigenvalue weighted by atomic mass is 9.85. The fourth-order valence-electron chi connectivity index (χ4n) is 2.84. The molecular weight excluding hydrogens is 264 g/mol. The first-order valence-electron chi connectivity index (χ1n) is 6.62. The van der Waals surface area contributed by atoms with Crippen LogP contribution in [0.5, 0.6) is 0 Å². The maximum absolute atomic E-state index is 10.9. The van der Waals surface area contributed by atoms with Crippen LogP contribution >= 0.6 is 11.6 Å². The standard InChI is InChI=1S/C14H19ClN2O2/c1-9-5-3-4-6-12(9)17(2)13-11(15)7-10(8-16-13)14(18)19/h7-9,12H,3-6H2,1-2H3,(H,18,19). The zero-order valence-corrected chi connectivity index (χ0v) is 12.0. The molecule has 5 heteroatoms. The number of aromatic carboxylic acids is 1. The lowest BCUT2D eigenvalue weighted by molar-refractivity contribution is 0.0696. The van der Waals surface area contributed by atoms with Gasteiger partial charge in [0.1, 0.15) is 5.82 Å². The number of hydrogen-bond donors (Lipinski definition) is 1. The van der Waals surface area contributed by atoms with E-state index in [0.29, 0.717) is 22.8 Å². The van der Waals surface area contributed by atoms with Crippen molar-refractivity contribution in [2.75, 3.05) is 11.9 Å². The minimum atomic E-state index is -1.00. The van der Waals surface area contributed by atoms with Gasteiger partial charge in [-0.3, -0.25) is 0 Å². The topological polar surface area (TPSA) is 53.4 Å². The second-order valence-electron chi connectivity index (χ2n) is 5.27. The van der Waals surface area contributed by atoms with Gasteiger partial charge in [-0.2, -0.15) is 0 Å². The van der Waals surface area contributed by atoms with Crippen molar-refractivity contribution < 1.29 is 9.90 Å². The van der Waals surface area contributed by atoms with E-state index in [-0.39, 0.29) is 5.56 Å². The summed E-state index contributed by atoms with van der Waals surface area (Å²) in [6.45, 7) is 2.25. The third kappa shape index (κ3) is 3.00. The molecule has 2 rings (SSSR count). The molecule has 1 aromatic rings. The van der Waals surface area contributed by atoms with Crippen molar-refractivity contribution >= 4 is 23.4 Å². The molecule has 2 unspecified atom stereocenters. The molecule has 1 aliphatic carbocycles. The van der Waals surface area contributed by atoms with E-state index < -0.39 is 5.97 Å². The summed E-state index contributed by atoms with van der Waals surface area (Å²) in [6.07, 6.45) is 6.23. The average molecular weight is 283 g/mol. The molecule has 19 heavy (non-hydrogen) atoms. The Kier molecular flexibility index (Phi) is 4.30. The molecule has 0 aromatic carbocycles. The molecule has 0 bridgehead atoms. The lowest BCUT2D eigenvalue weighted by Crippen LogP contribution is -2.39. The minimum Gasteiger partial charge on any atom is -0.478 e. The number of carboxylic acid groups (broad SMARTS) is 1. The van der Waals surface area contributed by atoms with Crippen LogP contribution in [-0.2, 0) is 0 Å². The van der Waals surface area contributed by atoms with Crippen LogP contribution < -0.4 is 4.90 Å². The van der Waals surface area contributed by atoms with Gasteiger partial charge in [0.15, 0.2) is 0 Å². The van der Waals surface area contributed by atoms with Gasteiger partial charge in [-0.05, 0) is 24.8 Å². The van der Waals surface area contributed by atoms with Gasteiger partial charge < -0.3 is 10.0 Å². The number of rotatable bonds is 3. The van der Waals surface area contributed by atoms with E-state index in [2.05, 4.69) is 16.8 Å². The highest BCUT2D eigenvalue weighted by atomic mass is 35.5. The number of nitrogens with zero attached hydrogens (tertiary/aromatic N) is 2. The summed E-state index contributed by atoms with van der Waals surface area (Å²) in [4.78, 5) is 17.2. The van der Waals surface area contributed by atoms with Gasteiger partial charge in [0.2, 0.25) is 0 Å². The number of aromatic nitrogens is 1. The summed E-state index contributed by atoms with van der Waals surface area (Å²) in [5, 5.41) is 9.32. The first-order chi connectivity index (χ1) is 9.00. The fraction of sp³-hybridized carbons (Fsp3) is 0.571. The van der Waals surface area contributed by atoms with Crippen LogP contribution in [-0.4, -0.2) is 29.1 Å². The quantitative estimate of drug-likeness (QED) is 0.922. The summed E-state index contributed by atoms with van der Waals surface area (Å²) >= 11 is 6.17. The zero-order valence-electron chi connectivity index (χ0n) is 11.3. The molecule has 2 atom stereocenters. The summed E-state index contributed by atoms with van der Waals surface area (Å²) in [5.41, 5.74) is 0.124. The summed E-state index contributed by atoms with van der Waals surface area (Å²) < 4.78 is 0. The molecule has 1 N–H and O–H groups in total. The SMILES string of the molecule is CC1CCCCC1N(C)c1ncc(C(=O)O)cc1Cl. The number of carbonyl (C=O) groups is 1. The number of halogens is 1. The molecule has 0 aliphatic heterocycles. The van der Waals surface area contributed by atoms with E-state index in [9.17, 15) is 4.79 Å². The lowest BCUT2D eigenvalue weighted by Gasteiger charge is -2.37. The Morgan fingerprint density at radius 2 is 2.16 bits per heavy atom. The van der Waals surface area contributed by atoms with Gasteiger partial charge in [-0.15, -0.1) is 0 Å². The Labute approximate surface area is 118 Å². The summed E-state index contributed by atoms with van der Waals surface area (Å²) in [5.74, 6) is 0.274. The van der Waals surface area contributed by atoms with Crippen molar-refractivity contribution in [2.24, 2.45) is 5.92 Å². The van der Waals surface area contributed by atoms with Crippen molar-refractivity contribution in [3.8, 4) is 0 Å². The van der Waals surface area contributed by atoms with Gasteiger partial charge in [0.25, 0.3) is 0 Å². The van der Waals surface area contributed by atoms with E-state index >= 15 is 0 Å². The van der Waals surface area contributed by atoms with Crippen LogP contribution in [0.4, 0.5) is 5.82 Å². The van der Waals surface area contributed by atoms with Crippen molar-refractivity contribution in [3.05, 3.63) is 22.8 Å². The predicted octanol–water partition coefficient (Wildman–Crippen LogP) is 3.45. The summed E-state index contributed by atoms with van der Waals surface area (Å²) in [7, 11) is 1.99. The molecule has 1 heterocycles. The van der Waals surface area contributed by atoms with Gasteiger partial charge in [-0.1, -0.05) is 31.4 Å². The van der Waals surface area contributed by atoms with Crippen LogP contribution in [0.2, 0.25) is 5.02 Å². The molecule has 4 nitrogen and oxygen atoms in total.